The zero-order valence-electron chi connectivity index (χ0n) is 11.1. The van der Waals surface area contributed by atoms with Gasteiger partial charge in [0.1, 0.15) is 5.78 Å². The van der Waals surface area contributed by atoms with E-state index in [9.17, 15) is 4.79 Å². The number of ketones is 1. The van der Waals surface area contributed by atoms with Crippen molar-refractivity contribution in [3.8, 4) is 11.5 Å². The van der Waals surface area contributed by atoms with E-state index in [1.165, 1.54) is 0 Å². The highest BCUT2D eigenvalue weighted by Gasteiger charge is 2.45. The molecule has 0 amide bonds. The summed E-state index contributed by atoms with van der Waals surface area (Å²) in [6, 6.07) is 5.74. The number of fused-ring (bicyclic) bond motifs is 1. The van der Waals surface area contributed by atoms with Gasteiger partial charge >= 0.3 is 0 Å². The molecular formula is C15H16O5. The maximum atomic E-state index is 12.4. The summed E-state index contributed by atoms with van der Waals surface area (Å²) in [4.78, 5) is 12.4. The van der Waals surface area contributed by atoms with E-state index in [0.717, 1.165) is 29.9 Å². The summed E-state index contributed by atoms with van der Waals surface area (Å²) in [5, 5.41) is 0. The summed E-state index contributed by atoms with van der Waals surface area (Å²) in [5.74, 6) is 0.907. The third kappa shape index (κ3) is 1.89. The minimum absolute atomic E-state index is 0.0945. The van der Waals surface area contributed by atoms with Gasteiger partial charge in [-0.2, -0.15) is 0 Å². The van der Waals surface area contributed by atoms with Gasteiger partial charge in [0.05, 0.1) is 19.6 Å². The average molecular weight is 276 g/mol. The highest BCUT2D eigenvalue weighted by molar-refractivity contribution is 5.87. The second kappa shape index (κ2) is 4.46. The molecule has 0 aromatic heterocycles. The molecule has 0 radical (unpaired) electrons. The molecule has 0 bridgehead atoms. The molecule has 106 valence electrons. The van der Waals surface area contributed by atoms with Crippen LogP contribution in [0.1, 0.15) is 30.7 Å². The summed E-state index contributed by atoms with van der Waals surface area (Å²) < 4.78 is 21.9. The van der Waals surface area contributed by atoms with Crippen molar-refractivity contribution >= 4 is 5.78 Å². The van der Waals surface area contributed by atoms with E-state index < -0.39 is 5.79 Å². The van der Waals surface area contributed by atoms with Gasteiger partial charge in [-0.25, -0.2) is 0 Å². The van der Waals surface area contributed by atoms with Crippen LogP contribution < -0.4 is 9.47 Å². The molecule has 1 aliphatic carbocycles. The topological polar surface area (TPSA) is 54.0 Å². The number of hydrogen-bond donors (Lipinski definition) is 0. The first-order valence-corrected chi connectivity index (χ1v) is 6.96. The van der Waals surface area contributed by atoms with Crippen molar-refractivity contribution in [2.24, 2.45) is 0 Å². The normalized spacial score (nSPS) is 27.2. The SMILES string of the molecule is O=C1CC2(CCC1c1ccc3c(c1)OCO3)OCCO2. The van der Waals surface area contributed by atoms with Crippen LogP contribution in [0.5, 0.6) is 11.5 Å². The standard InChI is InChI=1S/C15H16O5/c16-12-8-15(19-5-6-20-15)4-3-11(12)10-1-2-13-14(7-10)18-9-17-13/h1-2,7,11H,3-6,8-9H2. The Kier molecular flexibility index (Phi) is 2.72. The largest absolute Gasteiger partial charge is 0.454 e. The van der Waals surface area contributed by atoms with Crippen LogP contribution in [0, 0.1) is 0 Å². The van der Waals surface area contributed by atoms with E-state index >= 15 is 0 Å². The number of carbonyl (C=O) groups excluding carboxylic acids is 1. The fraction of sp³-hybridized carbons (Fsp3) is 0.533. The lowest BCUT2D eigenvalue weighted by Gasteiger charge is -2.34. The Morgan fingerprint density at radius 3 is 2.70 bits per heavy atom. The summed E-state index contributed by atoms with van der Waals surface area (Å²) in [5.41, 5.74) is 0.993. The van der Waals surface area contributed by atoms with E-state index in [0.29, 0.717) is 19.6 Å². The van der Waals surface area contributed by atoms with Gasteiger partial charge in [-0.15, -0.1) is 0 Å². The molecule has 5 heteroatoms. The van der Waals surface area contributed by atoms with Gasteiger partial charge in [0, 0.05) is 12.3 Å². The first-order valence-electron chi connectivity index (χ1n) is 6.96. The minimum atomic E-state index is -0.649. The lowest BCUT2D eigenvalue weighted by atomic mass is 9.80. The maximum absolute atomic E-state index is 12.4. The molecular weight excluding hydrogens is 260 g/mol. The summed E-state index contributed by atoms with van der Waals surface area (Å²) in [6.45, 7) is 1.42. The first kappa shape index (κ1) is 12.2. The van der Waals surface area contributed by atoms with Crippen LogP contribution in [-0.4, -0.2) is 31.6 Å². The smallest absolute Gasteiger partial charge is 0.231 e. The van der Waals surface area contributed by atoms with Gasteiger partial charge in [-0.3, -0.25) is 4.79 Å². The fourth-order valence-corrected chi connectivity index (χ4v) is 3.23. The fourth-order valence-electron chi connectivity index (χ4n) is 3.23. The second-order valence-corrected chi connectivity index (χ2v) is 5.45. The second-order valence-electron chi connectivity index (χ2n) is 5.45. The van der Waals surface area contributed by atoms with Crippen molar-refractivity contribution in [1.29, 1.82) is 0 Å². The summed E-state index contributed by atoms with van der Waals surface area (Å²) in [6.07, 6.45) is 1.85. The number of rotatable bonds is 1. The molecule has 2 heterocycles. The lowest BCUT2D eigenvalue weighted by molar-refractivity contribution is -0.182. The van der Waals surface area contributed by atoms with E-state index in [2.05, 4.69) is 0 Å². The van der Waals surface area contributed by atoms with Crippen molar-refractivity contribution in [3.63, 3.8) is 0 Å². The molecule has 1 aromatic carbocycles. The summed E-state index contributed by atoms with van der Waals surface area (Å²) in [7, 11) is 0. The van der Waals surface area contributed by atoms with Crippen molar-refractivity contribution in [3.05, 3.63) is 23.8 Å². The van der Waals surface area contributed by atoms with E-state index in [1.807, 2.05) is 18.2 Å². The van der Waals surface area contributed by atoms with Crippen LogP contribution in [0.2, 0.25) is 0 Å². The van der Waals surface area contributed by atoms with Gasteiger partial charge in [0.25, 0.3) is 0 Å². The molecule has 1 unspecified atom stereocenters. The van der Waals surface area contributed by atoms with Crippen molar-refractivity contribution in [2.75, 3.05) is 20.0 Å². The molecule has 1 saturated carbocycles. The molecule has 1 atom stereocenters. The number of ether oxygens (including phenoxy) is 4. The van der Waals surface area contributed by atoms with Gasteiger partial charge in [0.2, 0.25) is 6.79 Å². The van der Waals surface area contributed by atoms with Crippen LogP contribution >= 0.6 is 0 Å². The molecule has 2 fully saturated rings. The van der Waals surface area contributed by atoms with Gasteiger partial charge in [-0.05, 0) is 24.1 Å². The maximum Gasteiger partial charge on any atom is 0.231 e. The van der Waals surface area contributed by atoms with Crippen LogP contribution in [0.4, 0.5) is 0 Å². The molecule has 1 spiro atoms. The lowest BCUT2D eigenvalue weighted by Crippen LogP contribution is -2.39. The number of Topliss-reactive ketones (excluding diaryl/α,β-unsaturated/α-hetero) is 1. The number of carbonyl (C=O) groups is 1. The quantitative estimate of drug-likeness (QED) is 0.785. The van der Waals surface area contributed by atoms with Crippen molar-refractivity contribution in [1.82, 2.24) is 0 Å². The molecule has 1 aromatic rings. The third-order valence-corrected chi connectivity index (χ3v) is 4.26. The first-order chi connectivity index (χ1) is 9.76. The van der Waals surface area contributed by atoms with E-state index in [4.69, 9.17) is 18.9 Å². The molecule has 2 aliphatic heterocycles. The Hall–Kier alpha value is -1.59. The highest BCUT2D eigenvalue weighted by atomic mass is 16.7. The van der Waals surface area contributed by atoms with Crippen LogP contribution in [0.25, 0.3) is 0 Å². The molecule has 3 aliphatic rings. The van der Waals surface area contributed by atoms with E-state index in [1.54, 1.807) is 0 Å². The Balaban J connectivity index is 1.56. The number of benzene rings is 1. The Labute approximate surface area is 116 Å². The zero-order valence-corrected chi connectivity index (χ0v) is 11.1. The zero-order chi connectivity index (χ0) is 13.6. The van der Waals surface area contributed by atoms with E-state index in [-0.39, 0.29) is 18.5 Å². The molecule has 4 rings (SSSR count). The van der Waals surface area contributed by atoms with Crippen molar-refractivity contribution in [2.45, 2.75) is 31.0 Å². The molecule has 0 N–H and O–H groups in total. The Bertz CT molecular complexity index is 547. The van der Waals surface area contributed by atoms with Crippen LogP contribution in [0.3, 0.4) is 0 Å². The minimum Gasteiger partial charge on any atom is -0.454 e. The predicted molar refractivity (Wildman–Crippen MR) is 68.8 cm³/mol. The highest BCUT2D eigenvalue weighted by Crippen LogP contribution is 2.42. The molecule has 20 heavy (non-hydrogen) atoms. The predicted octanol–water partition coefficient (Wildman–Crippen LogP) is 1.99. The monoisotopic (exact) mass is 276 g/mol. The summed E-state index contributed by atoms with van der Waals surface area (Å²) >= 11 is 0. The molecule has 1 saturated heterocycles. The van der Waals surface area contributed by atoms with Gasteiger partial charge < -0.3 is 18.9 Å². The van der Waals surface area contributed by atoms with Crippen molar-refractivity contribution < 1.29 is 23.7 Å². The van der Waals surface area contributed by atoms with Gasteiger partial charge in [0.15, 0.2) is 17.3 Å². The van der Waals surface area contributed by atoms with Crippen LogP contribution in [0.15, 0.2) is 18.2 Å². The average Bonchev–Trinajstić information content (AvgIpc) is 3.07. The number of hydrogen-bond acceptors (Lipinski definition) is 5. The molecule has 5 nitrogen and oxygen atoms in total. The Morgan fingerprint density at radius 1 is 1.10 bits per heavy atom. The van der Waals surface area contributed by atoms with Crippen LogP contribution in [-0.2, 0) is 14.3 Å². The van der Waals surface area contributed by atoms with Gasteiger partial charge in [-0.1, -0.05) is 6.07 Å². The Morgan fingerprint density at radius 2 is 1.90 bits per heavy atom. The third-order valence-electron chi connectivity index (χ3n) is 4.26.